The third-order valence-corrected chi connectivity index (χ3v) is 7.06. The van der Waals surface area contributed by atoms with E-state index in [4.69, 9.17) is 9.97 Å². The van der Waals surface area contributed by atoms with E-state index in [0.717, 1.165) is 43.3 Å². The van der Waals surface area contributed by atoms with Crippen LogP contribution in [0.15, 0.2) is 85.5 Å². The topological polar surface area (TPSA) is 51.6 Å². The van der Waals surface area contributed by atoms with Gasteiger partial charge in [-0.3, -0.25) is 9.97 Å². The monoisotopic (exact) mass is 422 g/mol. The molecule has 6 rings (SSSR count). The van der Waals surface area contributed by atoms with Crippen molar-refractivity contribution >= 4 is 43.1 Å². The van der Waals surface area contributed by atoms with Gasteiger partial charge in [0.05, 0.1) is 20.4 Å². The van der Waals surface area contributed by atoms with E-state index in [9.17, 15) is 0 Å². The molecule has 0 unspecified atom stereocenters. The van der Waals surface area contributed by atoms with E-state index in [0.29, 0.717) is 0 Å². The molecule has 4 nitrogen and oxygen atoms in total. The molecule has 0 atom stereocenters. The molecule has 4 aromatic heterocycles. The Morgan fingerprint density at radius 2 is 0.933 bits per heavy atom. The molecule has 2 aromatic carbocycles. The van der Waals surface area contributed by atoms with E-state index in [1.165, 1.54) is 9.40 Å². The Labute approximate surface area is 180 Å². The Bertz CT molecular complexity index is 1330. The van der Waals surface area contributed by atoms with Crippen LogP contribution < -0.4 is 0 Å². The van der Waals surface area contributed by atoms with Crippen LogP contribution in [-0.2, 0) is 0 Å². The van der Waals surface area contributed by atoms with Crippen LogP contribution in [0.25, 0.3) is 52.7 Å². The lowest BCUT2D eigenvalue weighted by molar-refractivity contribution is 1.29. The summed E-state index contributed by atoms with van der Waals surface area (Å²) in [4.78, 5) is 18.5. The second-order valence-corrected chi connectivity index (χ2v) is 8.96. The first-order valence-corrected chi connectivity index (χ1v) is 11.1. The Kier molecular flexibility index (Phi) is 4.11. The van der Waals surface area contributed by atoms with Crippen molar-refractivity contribution in [2.24, 2.45) is 0 Å². The molecule has 0 aliphatic heterocycles. The minimum absolute atomic E-state index is 0.973. The standard InChI is InChI=1S/C24H14N4S2/c1-3-7-21-19(5-1)27-23(29-21)17-9-15(11-25-13-17)16-10-18(14-26-12-16)24-28-20-6-2-4-8-22(20)30-24/h1-14H. The number of fused-ring (bicyclic) bond motifs is 2. The average molecular weight is 423 g/mol. The summed E-state index contributed by atoms with van der Waals surface area (Å²) in [7, 11) is 0. The molecule has 0 saturated carbocycles. The molecule has 30 heavy (non-hydrogen) atoms. The first-order chi connectivity index (χ1) is 14.8. The molecule has 0 aliphatic rings. The van der Waals surface area contributed by atoms with Gasteiger partial charge in [0, 0.05) is 47.0 Å². The fraction of sp³-hybridized carbons (Fsp3) is 0. The van der Waals surface area contributed by atoms with Crippen molar-refractivity contribution in [1.29, 1.82) is 0 Å². The number of hydrogen-bond acceptors (Lipinski definition) is 6. The van der Waals surface area contributed by atoms with Gasteiger partial charge in [0.25, 0.3) is 0 Å². The summed E-state index contributed by atoms with van der Waals surface area (Å²) in [5, 5.41) is 1.95. The number of thiazole rings is 2. The third kappa shape index (κ3) is 3.07. The SMILES string of the molecule is c1ccc2sc(-c3cncc(-c4cncc(-c5nc6ccccc6s5)c4)c3)nc2c1. The lowest BCUT2D eigenvalue weighted by Crippen LogP contribution is -1.86. The lowest BCUT2D eigenvalue weighted by Gasteiger charge is -2.04. The highest BCUT2D eigenvalue weighted by Crippen LogP contribution is 2.34. The van der Waals surface area contributed by atoms with Crippen LogP contribution in [0.5, 0.6) is 0 Å². The molecule has 0 N–H and O–H groups in total. The molecular weight excluding hydrogens is 408 g/mol. The molecule has 0 spiro atoms. The maximum absolute atomic E-state index is 4.76. The van der Waals surface area contributed by atoms with Crippen LogP contribution in [0.3, 0.4) is 0 Å². The predicted octanol–water partition coefficient (Wildman–Crippen LogP) is 6.70. The van der Waals surface area contributed by atoms with Crippen LogP contribution in [0.2, 0.25) is 0 Å². The number of rotatable bonds is 3. The van der Waals surface area contributed by atoms with E-state index in [1.54, 1.807) is 22.7 Å². The number of hydrogen-bond donors (Lipinski definition) is 0. The second kappa shape index (κ2) is 7.09. The quantitative estimate of drug-likeness (QED) is 0.318. The van der Waals surface area contributed by atoms with Crippen LogP contribution in [0.4, 0.5) is 0 Å². The highest BCUT2D eigenvalue weighted by atomic mass is 32.1. The van der Waals surface area contributed by atoms with Crippen molar-refractivity contribution in [3.05, 3.63) is 85.5 Å². The fourth-order valence-electron chi connectivity index (χ4n) is 3.42. The summed E-state index contributed by atoms with van der Waals surface area (Å²) in [5.41, 5.74) is 6.09. The smallest absolute Gasteiger partial charge is 0.126 e. The zero-order valence-corrected chi connectivity index (χ0v) is 17.3. The number of para-hydroxylation sites is 2. The normalized spacial score (nSPS) is 11.3. The summed E-state index contributed by atoms with van der Waals surface area (Å²) in [5.74, 6) is 0. The number of benzene rings is 2. The van der Waals surface area contributed by atoms with Gasteiger partial charge < -0.3 is 0 Å². The summed E-state index contributed by atoms with van der Waals surface area (Å²) >= 11 is 3.36. The molecule has 0 amide bonds. The van der Waals surface area contributed by atoms with Gasteiger partial charge >= 0.3 is 0 Å². The average Bonchev–Trinajstić information content (AvgIpc) is 3.44. The van der Waals surface area contributed by atoms with E-state index >= 15 is 0 Å². The number of pyridine rings is 2. The first-order valence-electron chi connectivity index (χ1n) is 9.46. The van der Waals surface area contributed by atoms with E-state index in [-0.39, 0.29) is 0 Å². The van der Waals surface area contributed by atoms with Crippen molar-refractivity contribution in [3.8, 4) is 32.3 Å². The zero-order valence-electron chi connectivity index (χ0n) is 15.7. The fourth-order valence-corrected chi connectivity index (χ4v) is 5.31. The van der Waals surface area contributed by atoms with Gasteiger partial charge in [0.2, 0.25) is 0 Å². The van der Waals surface area contributed by atoms with Crippen LogP contribution in [0, 0.1) is 0 Å². The molecule has 4 heterocycles. The van der Waals surface area contributed by atoms with Crippen molar-refractivity contribution in [1.82, 2.24) is 19.9 Å². The van der Waals surface area contributed by atoms with Crippen LogP contribution in [-0.4, -0.2) is 19.9 Å². The molecule has 0 fully saturated rings. The first kappa shape index (κ1) is 17.4. The molecule has 0 radical (unpaired) electrons. The van der Waals surface area contributed by atoms with Crippen molar-refractivity contribution in [3.63, 3.8) is 0 Å². The summed E-state index contributed by atoms with van der Waals surface area (Å²) in [6, 6.07) is 20.6. The van der Waals surface area contributed by atoms with Gasteiger partial charge in [-0.1, -0.05) is 24.3 Å². The minimum Gasteiger partial charge on any atom is -0.263 e. The predicted molar refractivity (Wildman–Crippen MR) is 125 cm³/mol. The molecule has 6 aromatic rings. The molecule has 0 saturated heterocycles. The van der Waals surface area contributed by atoms with Crippen molar-refractivity contribution in [2.75, 3.05) is 0 Å². The zero-order chi connectivity index (χ0) is 19.9. The molecule has 0 aliphatic carbocycles. The van der Waals surface area contributed by atoms with Gasteiger partial charge in [-0.15, -0.1) is 22.7 Å². The van der Waals surface area contributed by atoms with Gasteiger partial charge in [-0.05, 0) is 36.4 Å². The van der Waals surface area contributed by atoms with E-state index in [1.807, 2.05) is 61.2 Å². The van der Waals surface area contributed by atoms with Gasteiger partial charge in [0.15, 0.2) is 0 Å². The second-order valence-electron chi connectivity index (χ2n) is 6.90. The largest absolute Gasteiger partial charge is 0.263 e. The summed E-state index contributed by atoms with van der Waals surface area (Å²) in [6.45, 7) is 0. The molecule has 142 valence electrons. The van der Waals surface area contributed by atoms with Crippen molar-refractivity contribution < 1.29 is 0 Å². The molecule has 0 bridgehead atoms. The lowest BCUT2D eigenvalue weighted by atomic mass is 10.1. The van der Waals surface area contributed by atoms with Gasteiger partial charge in [-0.2, -0.15) is 0 Å². The summed E-state index contributed by atoms with van der Waals surface area (Å²) in [6.07, 6.45) is 7.48. The highest BCUT2D eigenvalue weighted by molar-refractivity contribution is 7.22. The Balaban J connectivity index is 1.41. The minimum atomic E-state index is 0.973. The van der Waals surface area contributed by atoms with Crippen LogP contribution >= 0.6 is 22.7 Å². The van der Waals surface area contributed by atoms with Crippen molar-refractivity contribution in [2.45, 2.75) is 0 Å². The highest BCUT2D eigenvalue weighted by Gasteiger charge is 2.11. The van der Waals surface area contributed by atoms with Gasteiger partial charge in [0.1, 0.15) is 10.0 Å². The van der Waals surface area contributed by atoms with Crippen LogP contribution in [0.1, 0.15) is 0 Å². The molecule has 6 heteroatoms. The van der Waals surface area contributed by atoms with E-state index < -0.39 is 0 Å². The Hall–Kier alpha value is -3.48. The van der Waals surface area contributed by atoms with Gasteiger partial charge in [-0.25, -0.2) is 9.97 Å². The Morgan fingerprint density at radius 1 is 0.500 bits per heavy atom. The third-order valence-electron chi connectivity index (χ3n) is 4.89. The van der Waals surface area contributed by atoms with E-state index in [2.05, 4.69) is 34.2 Å². The molecular formula is C24H14N4S2. The maximum Gasteiger partial charge on any atom is 0.126 e. The Morgan fingerprint density at radius 3 is 1.40 bits per heavy atom. The number of aromatic nitrogens is 4. The summed E-state index contributed by atoms with van der Waals surface area (Å²) < 4.78 is 2.36. The maximum atomic E-state index is 4.76. The number of nitrogens with zero attached hydrogens (tertiary/aromatic N) is 4.